The van der Waals surface area contributed by atoms with E-state index in [1.807, 2.05) is 35.9 Å². The molecule has 0 radical (unpaired) electrons. The lowest BCUT2D eigenvalue weighted by Crippen LogP contribution is -2.51. The summed E-state index contributed by atoms with van der Waals surface area (Å²) in [7, 11) is 0. The van der Waals surface area contributed by atoms with Gasteiger partial charge in [-0.3, -0.25) is 4.79 Å². The van der Waals surface area contributed by atoms with Crippen molar-refractivity contribution < 1.29 is 9.59 Å². The highest BCUT2D eigenvalue weighted by molar-refractivity contribution is 5.93. The SMILES string of the molecule is CCCc1c(NC(=O)N2CCNC(=O)C2)cnn1-c1ccc(C)cc1. The Morgan fingerprint density at radius 1 is 1.32 bits per heavy atom. The van der Waals surface area contributed by atoms with Gasteiger partial charge in [0.2, 0.25) is 5.91 Å². The Morgan fingerprint density at radius 2 is 2.08 bits per heavy atom. The fourth-order valence-corrected chi connectivity index (χ4v) is 2.87. The number of anilines is 1. The molecular formula is C18H23N5O2. The van der Waals surface area contributed by atoms with Gasteiger partial charge in [0.25, 0.3) is 0 Å². The molecule has 1 aromatic carbocycles. The first-order chi connectivity index (χ1) is 12.1. The van der Waals surface area contributed by atoms with Crippen molar-refractivity contribution in [2.45, 2.75) is 26.7 Å². The number of hydrogen-bond acceptors (Lipinski definition) is 3. The van der Waals surface area contributed by atoms with E-state index in [0.29, 0.717) is 18.8 Å². The summed E-state index contributed by atoms with van der Waals surface area (Å²) in [6, 6.07) is 7.84. The van der Waals surface area contributed by atoms with E-state index >= 15 is 0 Å². The van der Waals surface area contributed by atoms with Gasteiger partial charge in [0.1, 0.15) is 6.54 Å². The topological polar surface area (TPSA) is 79.3 Å². The van der Waals surface area contributed by atoms with E-state index in [9.17, 15) is 9.59 Å². The third kappa shape index (κ3) is 3.81. The van der Waals surface area contributed by atoms with Crippen molar-refractivity contribution >= 4 is 17.6 Å². The van der Waals surface area contributed by atoms with Gasteiger partial charge in [0.15, 0.2) is 0 Å². The molecule has 0 atom stereocenters. The predicted octanol–water partition coefficient (Wildman–Crippen LogP) is 2.10. The number of rotatable bonds is 4. The van der Waals surface area contributed by atoms with Crippen LogP contribution in [-0.2, 0) is 11.2 Å². The van der Waals surface area contributed by atoms with Crippen LogP contribution in [0, 0.1) is 6.92 Å². The Labute approximate surface area is 147 Å². The van der Waals surface area contributed by atoms with Crippen LogP contribution < -0.4 is 10.6 Å². The zero-order valence-electron chi connectivity index (χ0n) is 14.6. The molecule has 0 saturated carbocycles. The number of carbonyl (C=O) groups is 2. The average molecular weight is 341 g/mol. The van der Waals surface area contributed by atoms with Crippen LogP contribution in [-0.4, -0.2) is 46.3 Å². The van der Waals surface area contributed by atoms with Crippen molar-refractivity contribution in [3.63, 3.8) is 0 Å². The number of nitrogens with zero attached hydrogens (tertiary/aromatic N) is 3. The molecule has 1 fully saturated rings. The Hall–Kier alpha value is -2.83. The summed E-state index contributed by atoms with van der Waals surface area (Å²) >= 11 is 0. The van der Waals surface area contributed by atoms with E-state index < -0.39 is 0 Å². The van der Waals surface area contributed by atoms with Crippen LogP contribution in [0.25, 0.3) is 5.69 Å². The van der Waals surface area contributed by atoms with Crippen molar-refractivity contribution in [3.05, 3.63) is 41.7 Å². The predicted molar refractivity (Wildman–Crippen MR) is 95.9 cm³/mol. The number of benzene rings is 1. The number of nitrogens with one attached hydrogen (secondary N) is 2. The van der Waals surface area contributed by atoms with Crippen molar-refractivity contribution in [2.24, 2.45) is 0 Å². The number of aromatic nitrogens is 2. The van der Waals surface area contributed by atoms with Gasteiger partial charge in [0.05, 0.1) is 23.3 Å². The van der Waals surface area contributed by atoms with Crippen LogP contribution in [0.5, 0.6) is 0 Å². The summed E-state index contributed by atoms with van der Waals surface area (Å²) < 4.78 is 1.86. The largest absolute Gasteiger partial charge is 0.353 e. The lowest BCUT2D eigenvalue weighted by Gasteiger charge is -2.26. The molecule has 1 aliphatic rings. The molecule has 0 unspecified atom stereocenters. The average Bonchev–Trinajstić information content (AvgIpc) is 2.98. The minimum Gasteiger partial charge on any atom is -0.353 e. The lowest BCUT2D eigenvalue weighted by atomic mass is 10.2. The van der Waals surface area contributed by atoms with Crippen molar-refractivity contribution in [1.29, 1.82) is 0 Å². The van der Waals surface area contributed by atoms with Gasteiger partial charge in [-0.15, -0.1) is 0 Å². The molecule has 7 heteroatoms. The number of hydrogen-bond donors (Lipinski definition) is 2. The molecule has 25 heavy (non-hydrogen) atoms. The number of carbonyl (C=O) groups excluding carboxylic acids is 2. The van der Waals surface area contributed by atoms with Crippen molar-refractivity contribution in [3.8, 4) is 5.69 Å². The lowest BCUT2D eigenvalue weighted by molar-refractivity contribution is -0.123. The minimum atomic E-state index is -0.268. The molecule has 7 nitrogen and oxygen atoms in total. The zero-order valence-corrected chi connectivity index (χ0v) is 14.6. The molecule has 132 valence electrons. The first-order valence-corrected chi connectivity index (χ1v) is 8.55. The number of aryl methyl sites for hydroxylation is 1. The van der Waals surface area contributed by atoms with Gasteiger partial charge in [-0.25, -0.2) is 9.48 Å². The molecule has 0 bridgehead atoms. The van der Waals surface area contributed by atoms with E-state index in [4.69, 9.17) is 0 Å². The highest BCUT2D eigenvalue weighted by atomic mass is 16.2. The van der Waals surface area contributed by atoms with Gasteiger partial charge in [-0.1, -0.05) is 31.0 Å². The summed E-state index contributed by atoms with van der Waals surface area (Å²) in [5.41, 5.74) is 3.80. The van der Waals surface area contributed by atoms with Gasteiger partial charge in [-0.2, -0.15) is 5.10 Å². The van der Waals surface area contributed by atoms with Gasteiger partial charge in [0, 0.05) is 13.1 Å². The fourth-order valence-electron chi connectivity index (χ4n) is 2.87. The summed E-state index contributed by atoms with van der Waals surface area (Å²) in [5.74, 6) is -0.134. The van der Waals surface area contributed by atoms with Crippen LogP contribution in [0.1, 0.15) is 24.6 Å². The minimum absolute atomic E-state index is 0.0844. The third-order valence-corrected chi connectivity index (χ3v) is 4.20. The van der Waals surface area contributed by atoms with Crippen LogP contribution in [0.2, 0.25) is 0 Å². The second kappa shape index (κ2) is 7.38. The smallest absolute Gasteiger partial charge is 0.322 e. The Kier molecular flexibility index (Phi) is 5.02. The Morgan fingerprint density at radius 3 is 2.76 bits per heavy atom. The molecule has 0 aliphatic carbocycles. The molecular weight excluding hydrogens is 318 g/mol. The molecule has 2 aromatic rings. The van der Waals surface area contributed by atoms with Crippen molar-refractivity contribution in [2.75, 3.05) is 25.0 Å². The zero-order chi connectivity index (χ0) is 17.8. The number of urea groups is 1. The molecule has 2 heterocycles. The number of piperazine rings is 1. The molecule has 3 amide bonds. The monoisotopic (exact) mass is 341 g/mol. The van der Waals surface area contributed by atoms with Gasteiger partial charge in [-0.05, 0) is 25.5 Å². The maximum absolute atomic E-state index is 12.5. The molecule has 1 aromatic heterocycles. The van der Waals surface area contributed by atoms with E-state index in [1.54, 1.807) is 6.20 Å². The Bertz CT molecular complexity index is 766. The van der Waals surface area contributed by atoms with E-state index in [2.05, 4.69) is 22.7 Å². The second-order valence-corrected chi connectivity index (χ2v) is 6.20. The van der Waals surface area contributed by atoms with Gasteiger partial charge < -0.3 is 15.5 Å². The summed E-state index contributed by atoms with van der Waals surface area (Å²) in [4.78, 5) is 25.4. The molecule has 2 N–H and O–H groups in total. The Balaban J connectivity index is 1.82. The van der Waals surface area contributed by atoms with Crippen LogP contribution >= 0.6 is 0 Å². The van der Waals surface area contributed by atoms with E-state index in [0.717, 1.165) is 24.2 Å². The highest BCUT2D eigenvalue weighted by Crippen LogP contribution is 2.22. The first kappa shape index (κ1) is 17.0. The number of amides is 3. The normalized spacial score (nSPS) is 14.3. The highest BCUT2D eigenvalue weighted by Gasteiger charge is 2.22. The quantitative estimate of drug-likeness (QED) is 0.894. The molecule has 1 saturated heterocycles. The van der Waals surface area contributed by atoms with E-state index in [-0.39, 0.29) is 18.5 Å². The standard InChI is InChI=1S/C18H23N5O2/c1-3-4-16-15(21-18(25)22-10-9-19-17(24)12-22)11-20-23(16)14-7-5-13(2)6-8-14/h5-8,11H,3-4,9-10,12H2,1-2H3,(H,19,24)(H,21,25). The second-order valence-electron chi connectivity index (χ2n) is 6.20. The molecule has 1 aliphatic heterocycles. The maximum atomic E-state index is 12.5. The van der Waals surface area contributed by atoms with Gasteiger partial charge >= 0.3 is 6.03 Å². The summed E-state index contributed by atoms with van der Waals surface area (Å²) in [6.45, 7) is 5.21. The summed E-state index contributed by atoms with van der Waals surface area (Å²) in [6.07, 6.45) is 3.41. The van der Waals surface area contributed by atoms with E-state index in [1.165, 1.54) is 10.5 Å². The molecule has 0 spiro atoms. The maximum Gasteiger partial charge on any atom is 0.322 e. The van der Waals surface area contributed by atoms with Crippen molar-refractivity contribution in [1.82, 2.24) is 20.0 Å². The third-order valence-electron chi connectivity index (χ3n) is 4.20. The summed E-state index contributed by atoms with van der Waals surface area (Å²) in [5, 5.41) is 10.1. The van der Waals surface area contributed by atoms with Crippen LogP contribution in [0.15, 0.2) is 30.5 Å². The van der Waals surface area contributed by atoms with Crippen LogP contribution in [0.3, 0.4) is 0 Å². The molecule has 3 rings (SSSR count). The first-order valence-electron chi connectivity index (χ1n) is 8.55. The fraction of sp³-hybridized carbons (Fsp3) is 0.389. The van der Waals surface area contributed by atoms with Crippen LogP contribution in [0.4, 0.5) is 10.5 Å².